The fraction of sp³-hybridized carbons (Fsp3) is 0.273. The molecule has 0 saturated heterocycles. The Morgan fingerprint density at radius 2 is 2.37 bits per heavy atom. The minimum absolute atomic E-state index is 0. The molecule has 102 valence electrons. The monoisotopic (exact) mass is 375 g/mol. The number of benzene rings is 1. The molecule has 1 aromatic carbocycles. The van der Waals surface area contributed by atoms with E-state index in [0.29, 0.717) is 17.2 Å². The molecule has 1 aromatic rings. The summed E-state index contributed by atoms with van der Waals surface area (Å²) in [4.78, 5) is 14.4. The van der Waals surface area contributed by atoms with Gasteiger partial charge in [0.2, 0.25) is 5.96 Å². The summed E-state index contributed by atoms with van der Waals surface area (Å²) in [5, 5.41) is 17.8. The predicted molar refractivity (Wildman–Crippen MR) is 84.2 cm³/mol. The molecular weight excluding hydrogens is 361 g/mol. The van der Waals surface area contributed by atoms with Crippen LogP contribution in [-0.2, 0) is 0 Å². The summed E-state index contributed by atoms with van der Waals surface area (Å²) in [7, 11) is 0. The van der Waals surface area contributed by atoms with Gasteiger partial charge in [-0.1, -0.05) is 12.1 Å². The Morgan fingerprint density at radius 1 is 1.58 bits per heavy atom. The van der Waals surface area contributed by atoms with Gasteiger partial charge in [-0.05, 0) is 6.92 Å². The molecule has 0 amide bonds. The number of nitrogens with zero attached hydrogens (tertiary/aromatic N) is 3. The number of nitro groups is 1. The van der Waals surface area contributed by atoms with Gasteiger partial charge < -0.3 is 5.32 Å². The quantitative estimate of drug-likeness (QED) is 0.362. The highest BCUT2D eigenvalue weighted by Crippen LogP contribution is 2.13. The van der Waals surface area contributed by atoms with Gasteiger partial charge in [-0.2, -0.15) is 5.10 Å². The standard InChI is InChI=1S/C11H13N5O2.HI/c1-8(14-15-11-12-5-6-13-11)9-3-2-4-10(7-9)16(17)18;/h2-4,7H,5-6H2,1H3,(H2,12,13,15);1H/b14-8+;. The predicted octanol–water partition coefficient (Wildman–Crippen LogP) is 1.49. The number of non-ortho nitro benzene ring substituents is 1. The lowest BCUT2D eigenvalue weighted by atomic mass is 10.1. The first-order chi connectivity index (χ1) is 8.66. The minimum atomic E-state index is -0.424. The number of hydrazone groups is 1. The number of halogens is 1. The van der Waals surface area contributed by atoms with Crippen molar-refractivity contribution in [1.29, 1.82) is 0 Å². The summed E-state index contributed by atoms with van der Waals surface area (Å²) >= 11 is 0. The third kappa shape index (κ3) is 4.16. The molecule has 1 aliphatic rings. The van der Waals surface area contributed by atoms with Crippen LogP contribution in [-0.4, -0.2) is 29.7 Å². The molecule has 0 radical (unpaired) electrons. The van der Waals surface area contributed by atoms with Gasteiger partial charge >= 0.3 is 0 Å². The average molecular weight is 375 g/mol. The van der Waals surface area contributed by atoms with E-state index in [-0.39, 0.29) is 29.7 Å². The Bertz CT molecular complexity index is 530. The molecule has 2 rings (SSSR count). The van der Waals surface area contributed by atoms with Gasteiger partial charge in [-0.25, -0.2) is 10.4 Å². The normalized spacial score (nSPS) is 14.2. The summed E-state index contributed by atoms with van der Waals surface area (Å²) in [6.07, 6.45) is 0. The topological polar surface area (TPSA) is 91.9 Å². The molecule has 19 heavy (non-hydrogen) atoms. The molecule has 2 N–H and O–H groups in total. The van der Waals surface area contributed by atoms with Gasteiger partial charge in [0.15, 0.2) is 0 Å². The zero-order chi connectivity index (χ0) is 13.0. The maximum atomic E-state index is 10.7. The van der Waals surface area contributed by atoms with E-state index in [2.05, 4.69) is 20.8 Å². The first kappa shape index (κ1) is 15.3. The second kappa shape index (κ2) is 7.02. The second-order valence-electron chi connectivity index (χ2n) is 3.77. The first-order valence-electron chi connectivity index (χ1n) is 5.50. The summed E-state index contributed by atoms with van der Waals surface area (Å²) in [6, 6.07) is 6.35. The van der Waals surface area contributed by atoms with Gasteiger partial charge in [0.25, 0.3) is 5.69 Å². The number of guanidine groups is 1. The molecule has 0 bridgehead atoms. The molecular formula is C11H14IN5O2. The molecule has 1 heterocycles. The van der Waals surface area contributed by atoms with E-state index in [0.717, 1.165) is 13.1 Å². The fourth-order valence-corrected chi connectivity index (χ4v) is 1.52. The minimum Gasteiger partial charge on any atom is -0.353 e. The molecule has 0 spiro atoms. The first-order valence-corrected chi connectivity index (χ1v) is 5.50. The van der Waals surface area contributed by atoms with Crippen LogP contribution in [0.4, 0.5) is 5.69 Å². The number of hydrogen-bond donors (Lipinski definition) is 2. The summed E-state index contributed by atoms with van der Waals surface area (Å²) < 4.78 is 0. The lowest BCUT2D eigenvalue weighted by molar-refractivity contribution is -0.384. The molecule has 0 fully saturated rings. The highest BCUT2D eigenvalue weighted by molar-refractivity contribution is 14.0. The molecule has 1 aliphatic heterocycles. The highest BCUT2D eigenvalue weighted by Gasteiger charge is 2.08. The molecule has 0 aromatic heterocycles. The van der Waals surface area contributed by atoms with Crippen LogP contribution in [0.1, 0.15) is 12.5 Å². The van der Waals surface area contributed by atoms with Gasteiger partial charge in [0, 0.05) is 24.2 Å². The fourth-order valence-electron chi connectivity index (χ4n) is 1.52. The van der Waals surface area contributed by atoms with Crippen molar-refractivity contribution >= 4 is 41.3 Å². The molecule has 7 nitrogen and oxygen atoms in total. The van der Waals surface area contributed by atoms with Crippen LogP contribution in [0.15, 0.2) is 34.4 Å². The molecule has 0 aliphatic carbocycles. The average Bonchev–Trinajstić information content (AvgIpc) is 2.89. The Kier molecular flexibility index (Phi) is 5.67. The van der Waals surface area contributed by atoms with Gasteiger partial charge in [-0.3, -0.25) is 10.1 Å². The summed E-state index contributed by atoms with van der Waals surface area (Å²) in [5.41, 5.74) is 4.21. The number of nitrogens with one attached hydrogen (secondary N) is 2. The molecule has 0 saturated carbocycles. The third-order valence-electron chi connectivity index (χ3n) is 2.48. The Labute approximate surface area is 127 Å². The van der Waals surface area contributed by atoms with Crippen LogP contribution >= 0.6 is 24.0 Å². The van der Waals surface area contributed by atoms with E-state index in [1.165, 1.54) is 12.1 Å². The maximum absolute atomic E-state index is 10.7. The van der Waals surface area contributed by atoms with Crippen LogP contribution in [0.5, 0.6) is 0 Å². The van der Waals surface area contributed by atoms with Gasteiger partial charge in [-0.15, -0.1) is 24.0 Å². The van der Waals surface area contributed by atoms with Crippen molar-refractivity contribution in [2.45, 2.75) is 6.92 Å². The zero-order valence-corrected chi connectivity index (χ0v) is 12.6. The van der Waals surface area contributed by atoms with Gasteiger partial charge in [0.05, 0.1) is 17.2 Å². The van der Waals surface area contributed by atoms with Crippen LogP contribution in [0, 0.1) is 10.1 Å². The van der Waals surface area contributed by atoms with Crippen molar-refractivity contribution in [3.8, 4) is 0 Å². The molecule has 8 heteroatoms. The largest absolute Gasteiger partial charge is 0.353 e. The number of aliphatic imine (C=N–C) groups is 1. The van der Waals surface area contributed by atoms with Crippen molar-refractivity contribution in [2.24, 2.45) is 10.1 Å². The maximum Gasteiger partial charge on any atom is 0.270 e. The van der Waals surface area contributed by atoms with Crippen LogP contribution < -0.4 is 10.7 Å². The Morgan fingerprint density at radius 3 is 3.00 bits per heavy atom. The van der Waals surface area contributed by atoms with E-state index in [4.69, 9.17) is 0 Å². The van der Waals surface area contributed by atoms with E-state index >= 15 is 0 Å². The smallest absolute Gasteiger partial charge is 0.270 e. The zero-order valence-electron chi connectivity index (χ0n) is 10.3. The van der Waals surface area contributed by atoms with Crippen molar-refractivity contribution in [3.05, 3.63) is 39.9 Å². The van der Waals surface area contributed by atoms with E-state index in [1.807, 2.05) is 0 Å². The number of rotatable bonds is 3. The van der Waals surface area contributed by atoms with Crippen LogP contribution in [0.3, 0.4) is 0 Å². The Hall–Kier alpha value is -1.71. The lowest BCUT2D eigenvalue weighted by Crippen LogP contribution is -2.30. The van der Waals surface area contributed by atoms with Crippen molar-refractivity contribution in [3.63, 3.8) is 0 Å². The van der Waals surface area contributed by atoms with Gasteiger partial charge in [0.1, 0.15) is 0 Å². The van der Waals surface area contributed by atoms with Crippen molar-refractivity contribution in [2.75, 3.05) is 13.1 Å². The van der Waals surface area contributed by atoms with E-state index in [1.54, 1.807) is 19.1 Å². The summed E-state index contributed by atoms with van der Waals surface area (Å²) in [5.74, 6) is 0.625. The van der Waals surface area contributed by atoms with Crippen molar-refractivity contribution in [1.82, 2.24) is 10.7 Å². The van der Waals surface area contributed by atoms with E-state index in [9.17, 15) is 10.1 Å². The molecule has 0 atom stereocenters. The summed E-state index contributed by atoms with van der Waals surface area (Å²) in [6.45, 7) is 3.31. The van der Waals surface area contributed by atoms with Crippen molar-refractivity contribution < 1.29 is 4.92 Å². The lowest BCUT2D eigenvalue weighted by Gasteiger charge is -2.03. The van der Waals surface area contributed by atoms with Crippen LogP contribution in [0.2, 0.25) is 0 Å². The van der Waals surface area contributed by atoms with Crippen LogP contribution in [0.25, 0.3) is 0 Å². The second-order valence-corrected chi connectivity index (χ2v) is 3.77. The third-order valence-corrected chi connectivity index (χ3v) is 2.48. The highest BCUT2D eigenvalue weighted by atomic mass is 127. The number of hydrogen-bond acceptors (Lipinski definition) is 6. The van der Waals surface area contributed by atoms with E-state index < -0.39 is 4.92 Å². The Balaban J connectivity index is 0.00000180. The molecule has 0 unspecified atom stereocenters. The number of nitro benzene ring substituents is 1. The SMILES string of the molecule is C/C(=N\NC1=NCCN1)c1cccc([N+](=O)[O-])c1.I.